The Hall–Kier alpha value is -3.59. The maximum atomic E-state index is 12.9. The van der Waals surface area contributed by atoms with Crippen molar-refractivity contribution in [1.82, 2.24) is 30.0 Å². The Balaban J connectivity index is 1.36. The number of carbonyl (C=O) groups excluding carboxylic acids is 2. The van der Waals surface area contributed by atoms with Gasteiger partial charge in [-0.2, -0.15) is 9.78 Å². The van der Waals surface area contributed by atoms with Crippen LogP contribution in [0.1, 0.15) is 52.9 Å². The summed E-state index contributed by atoms with van der Waals surface area (Å²) in [5.74, 6) is 0.388. The van der Waals surface area contributed by atoms with Crippen LogP contribution in [0.5, 0.6) is 0 Å². The van der Waals surface area contributed by atoms with Gasteiger partial charge >= 0.3 is 0 Å². The zero-order valence-electron chi connectivity index (χ0n) is 20.0. The summed E-state index contributed by atoms with van der Waals surface area (Å²) in [5.41, 5.74) is 5.48. The number of benzene rings is 1. The Labute approximate surface area is 204 Å². The summed E-state index contributed by atoms with van der Waals surface area (Å²) >= 11 is 0. The van der Waals surface area contributed by atoms with E-state index in [0.717, 1.165) is 49.0 Å². The molecule has 2 amide bonds. The molecule has 0 atom stereocenters. The number of fused-ring (bicyclic) bond motifs is 3. The van der Waals surface area contributed by atoms with Gasteiger partial charge in [0, 0.05) is 44.9 Å². The number of aromatic nitrogens is 4. The summed E-state index contributed by atoms with van der Waals surface area (Å²) in [4.78, 5) is 36.0. The number of rotatable bonds is 8. The predicted octanol–water partition coefficient (Wildman–Crippen LogP) is 2.71. The van der Waals surface area contributed by atoms with E-state index in [2.05, 4.69) is 33.6 Å². The third kappa shape index (κ3) is 4.81. The van der Waals surface area contributed by atoms with Crippen molar-refractivity contribution in [2.75, 3.05) is 26.7 Å². The molecule has 1 saturated heterocycles. The van der Waals surface area contributed by atoms with Crippen LogP contribution in [0.25, 0.3) is 17.2 Å². The third-order valence-electron chi connectivity index (χ3n) is 6.66. The lowest BCUT2D eigenvalue weighted by Crippen LogP contribution is -2.31. The van der Waals surface area contributed by atoms with Crippen LogP contribution in [0.15, 0.2) is 36.7 Å². The van der Waals surface area contributed by atoms with E-state index in [1.54, 1.807) is 11.8 Å². The molecular formula is C26H30N6O3. The van der Waals surface area contributed by atoms with Crippen molar-refractivity contribution in [3.63, 3.8) is 0 Å². The number of aryl methyl sites for hydroxylation is 2. The number of ether oxygens (including phenoxy) is 1. The van der Waals surface area contributed by atoms with Crippen molar-refractivity contribution in [3.8, 4) is 17.2 Å². The number of carbonyl (C=O) groups is 2. The van der Waals surface area contributed by atoms with Gasteiger partial charge in [0.05, 0.1) is 29.8 Å². The quantitative estimate of drug-likeness (QED) is 0.504. The lowest BCUT2D eigenvalue weighted by atomic mass is 10.0. The Bertz CT molecular complexity index is 1240. The minimum atomic E-state index is -0.226. The Kier molecular flexibility index (Phi) is 6.85. The summed E-state index contributed by atoms with van der Waals surface area (Å²) in [6.45, 7) is 2.14. The average molecular weight is 475 g/mol. The molecule has 9 nitrogen and oxygen atoms in total. The number of hydrogen-bond acceptors (Lipinski definition) is 6. The fourth-order valence-electron chi connectivity index (χ4n) is 4.87. The second kappa shape index (κ2) is 10.4. The van der Waals surface area contributed by atoms with Crippen molar-refractivity contribution in [2.45, 2.75) is 45.1 Å². The molecule has 0 unspecified atom stereocenters. The lowest BCUT2D eigenvalue weighted by molar-refractivity contribution is -0.127. The maximum absolute atomic E-state index is 12.9. The standard InChI is InChI=1S/C26H30N6O3/c1-35-17-22-21(25(34)27-12-6-14-31-13-5-11-23(31)33)16-29-32(22)26-28-15-19-9-4-8-18-7-2-3-10-20(18)24(19)30-26/h2-3,7,10,15-16H,4-6,8-9,11-14,17H2,1H3,(H,27,34). The van der Waals surface area contributed by atoms with Gasteiger partial charge in [0.2, 0.25) is 5.91 Å². The average Bonchev–Trinajstić information content (AvgIpc) is 3.43. The second-order valence-corrected chi connectivity index (χ2v) is 9.00. The number of nitrogens with one attached hydrogen (secondary N) is 1. The molecule has 5 rings (SSSR count). The van der Waals surface area contributed by atoms with Crippen molar-refractivity contribution in [2.24, 2.45) is 0 Å². The minimum absolute atomic E-state index is 0.196. The normalized spacial score (nSPS) is 15.0. The Morgan fingerprint density at radius 1 is 1.11 bits per heavy atom. The van der Waals surface area contributed by atoms with E-state index >= 15 is 0 Å². The van der Waals surface area contributed by atoms with Crippen LogP contribution < -0.4 is 5.32 Å². The van der Waals surface area contributed by atoms with Gasteiger partial charge in [0.15, 0.2) is 0 Å². The van der Waals surface area contributed by atoms with Gasteiger partial charge in [0.1, 0.15) is 0 Å². The van der Waals surface area contributed by atoms with Crippen LogP contribution in [0.2, 0.25) is 0 Å². The molecule has 3 heterocycles. The highest BCUT2D eigenvalue weighted by Gasteiger charge is 2.23. The molecule has 1 aromatic carbocycles. The van der Waals surface area contributed by atoms with E-state index in [4.69, 9.17) is 9.72 Å². The van der Waals surface area contributed by atoms with E-state index in [0.29, 0.717) is 43.1 Å². The SMILES string of the molecule is COCc1c(C(=O)NCCCN2CCCC2=O)cnn1-c1ncc2c(n1)-c1ccccc1CCC2. The van der Waals surface area contributed by atoms with Gasteiger partial charge in [-0.05, 0) is 43.2 Å². The van der Waals surface area contributed by atoms with Crippen molar-refractivity contribution >= 4 is 11.8 Å². The summed E-state index contributed by atoms with van der Waals surface area (Å²) in [6, 6.07) is 8.34. The van der Waals surface area contributed by atoms with Crippen LogP contribution >= 0.6 is 0 Å². The number of nitrogens with zero attached hydrogens (tertiary/aromatic N) is 5. The Morgan fingerprint density at radius 3 is 2.80 bits per heavy atom. The molecule has 1 N–H and O–H groups in total. The van der Waals surface area contributed by atoms with E-state index < -0.39 is 0 Å². The van der Waals surface area contributed by atoms with Crippen molar-refractivity contribution < 1.29 is 14.3 Å². The van der Waals surface area contributed by atoms with E-state index in [1.165, 1.54) is 11.8 Å². The topological polar surface area (TPSA) is 102 Å². The summed E-state index contributed by atoms with van der Waals surface area (Å²) < 4.78 is 6.98. The summed E-state index contributed by atoms with van der Waals surface area (Å²) in [6.07, 6.45) is 8.65. The first-order valence-electron chi connectivity index (χ1n) is 12.2. The molecule has 0 radical (unpaired) electrons. The fraction of sp³-hybridized carbons (Fsp3) is 0.423. The smallest absolute Gasteiger partial charge is 0.254 e. The van der Waals surface area contributed by atoms with Crippen molar-refractivity contribution in [1.29, 1.82) is 0 Å². The molecule has 0 saturated carbocycles. The van der Waals surface area contributed by atoms with Gasteiger partial charge < -0.3 is 15.0 Å². The molecule has 1 aliphatic carbocycles. The van der Waals surface area contributed by atoms with Gasteiger partial charge in [-0.15, -0.1) is 0 Å². The molecule has 0 bridgehead atoms. The van der Waals surface area contributed by atoms with Crippen LogP contribution in [-0.2, 0) is 29.0 Å². The molecular weight excluding hydrogens is 444 g/mol. The highest BCUT2D eigenvalue weighted by Crippen LogP contribution is 2.31. The van der Waals surface area contributed by atoms with Gasteiger partial charge in [-0.1, -0.05) is 24.3 Å². The summed E-state index contributed by atoms with van der Waals surface area (Å²) in [5, 5.41) is 7.40. The molecule has 2 aliphatic rings. The lowest BCUT2D eigenvalue weighted by Gasteiger charge is -2.15. The number of methoxy groups -OCH3 is 1. The molecule has 1 aliphatic heterocycles. The van der Waals surface area contributed by atoms with Crippen molar-refractivity contribution in [3.05, 3.63) is 59.0 Å². The summed E-state index contributed by atoms with van der Waals surface area (Å²) in [7, 11) is 1.58. The molecule has 0 spiro atoms. The first-order chi connectivity index (χ1) is 17.2. The van der Waals surface area contributed by atoms with Crippen LogP contribution in [0, 0.1) is 0 Å². The fourth-order valence-corrected chi connectivity index (χ4v) is 4.87. The second-order valence-electron chi connectivity index (χ2n) is 9.00. The van der Waals surface area contributed by atoms with Gasteiger partial charge in [-0.3, -0.25) is 9.59 Å². The number of amides is 2. The molecule has 35 heavy (non-hydrogen) atoms. The highest BCUT2D eigenvalue weighted by molar-refractivity contribution is 5.95. The first-order valence-corrected chi connectivity index (χ1v) is 12.2. The van der Waals surface area contributed by atoms with E-state index in [9.17, 15) is 9.59 Å². The molecule has 3 aromatic rings. The largest absolute Gasteiger partial charge is 0.378 e. The zero-order chi connectivity index (χ0) is 24.2. The number of hydrogen-bond donors (Lipinski definition) is 1. The third-order valence-corrected chi connectivity index (χ3v) is 6.66. The molecule has 2 aromatic heterocycles. The van der Waals surface area contributed by atoms with Crippen LogP contribution in [0.4, 0.5) is 0 Å². The number of likely N-dealkylation sites (tertiary alicyclic amines) is 1. The Morgan fingerprint density at radius 2 is 1.97 bits per heavy atom. The van der Waals surface area contributed by atoms with Crippen LogP contribution in [0.3, 0.4) is 0 Å². The highest BCUT2D eigenvalue weighted by atomic mass is 16.5. The van der Waals surface area contributed by atoms with E-state index in [1.807, 2.05) is 17.2 Å². The molecule has 182 valence electrons. The zero-order valence-corrected chi connectivity index (χ0v) is 20.0. The first kappa shape index (κ1) is 23.2. The van der Waals surface area contributed by atoms with Crippen LogP contribution in [-0.4, -0.2) is 63.2 Å². The van der Waals surface area contributed by atoms with Gasteiger partial charge in [-0.25, -0.2) is 9.97 Å². The maximum Gasteiger partial charge on any atom is 0.254 e. The minimum Gasteiger partial charge on any atom is -0.378 e. The molecule has 9 heteroatoms. The van der Waals surface area contributed by atoms with Gasteiger partial charge in [0.25, 0.3) is 11.9 Å². The molecule has 1 fully saturated rings. The predicted molar refractivity (Wildman–Crippen MR) is 130 cm³/mol. The monoisotopic (exact) mass is 474 g/mol. The van der Waals surface area contributed by atoms with E-state index in [-0.39, 0.29) is 18.4 Å².